The van der Waals surface area contributed by atoms with E-state index in [9.17, 15) is 9.50 Å². The summed E-state index contributed by atoms with van der Waals surface area (Å²) < 4.78 is 25.9. The Morgan fingerprint density at radius 3 is 2.35 bits per heavy atom. The number of hydrogen-bond donors (Lipinski definition) is 1. The zero-order valence-electron chi connectivity index (χ0n) is 12.6. The summed E-state index contributed by atoms with van der Waals surface area (Å²) in [7, 11) is -0.803. The normalized spacial score (nSPS) is 22.1. The van der Waals surface area contributed by atoms with Crippen molar-refractivity contribution in [3.8, 4) is 0 Å². The number of aromatic nitrogens is 1. The molecular formula is C14H21BFNO3. The van der Waals surface area contributed by atoms with Crippen molar-refractivity contribution in [1.29, 1.82) is 0 Å². The van der Waals surface area contributed by atoms with Crippen molar-refractivity contribution in [2.45, 2.75) is 58.3 Å². The van der Waals surface area contributed by atoms with Crippen molar-refractivity contribution in [1.82, 2.24) is 4.98 Å². The van der Waals surface area contributed by atoms with Gasteiger partial charge in [0, 0.05) is 23.8 Å². The van der Waals surface area contributed by atoms with Crippen LogP contribution in [-0.4, -0.2) is 34.5 Å². The highest BCUT2D eigenvalue weighted by atomic mass is 19.1. The van der Waals surface area contributed by atoms with Gasteiger partial charge in [0.05, 0.1) is 17.3 Å². The standard InChI is InChI=1S/C14H21BFNO3/c1-9(18)8-11-12(10(16)6-7-17-11)15-19-13(2,3)14(4,5)20-15/h6-7,9,18H,8H2,1-5H3. The third kappa shape index (κ3) is 2.73. The number of pyridine rings is 1. The van der Waals surface area contributed by atoms with Gasteiger partial charge >= 0.3 is 7.12 Å². The van der Waals surface area contributed by atoms with Gasteiger partial charge in [-0.2, -0.15) is 0 Å². The van der Waals surface area contributed by atoms with Crippen molar-refractivity contribution in [3.63, 3.8) is 0 Å². The molecule has 20 heavy (non-hydrogen) atoms. The van der Waals surface area contributed by atoms with E-state index in [0.29, 0.717) is 5.69 Å². The highest BCUT2D eigenvalue weighted by molar-refractivity contribution is 6.62. The maximum atomic E-state index is 14.2. The molecule has 0 amide bonds. The molecule has 0 aromatic carbocycles. The molecule has 2 rings (SSSR count). The maximum Gasteiger partial charge on any atom is 0.499 e. The average molecular weight is 281 g/mol. The van der Waals surface area contributed by atoms with E-state index in [1.54, 1.807) is 6.92 Å². The van der Waals surface area contributed by atoms with Crippen LogP contribution in [0.15, 0.2) is 12.3 Å². The minimum absolute atomic E-state index is 0.261. The predicted molar refractivity (Wildman–Crippen MR) is 75.3 cm³/mol. The Balaban J connectivity index is 2.39. The highest BCUT2D eigenvalue weighted by Gasteiger charge is 2.53. The van der Waals surface area contributed by atoms with Gasteiger partial charge in [-0.25, -0.2) is 4.39 Å². The fraction of sp³-hybridized carbons (Fsp3) is 0.643. The van der Waals surface area contributed by atoms with Gasteiger partial charge < -0.3 is 14.4 Å². The zero-order valence-corrected chi connectivity index (χ0v) is 12.6. The zero-order chi connectivity index (χ0) is 15.1. The molecule has 1 aromatic rings. The number of halogens is 1. The molecule has 1 N–H and O–H groups in total. The van der Waals surface area contributed by atoms with Crippen LogP contribution in [0.1, 0.15) is 40.3 Å². The smallest absolute Gasteiger partial charge is 0.399 e. The number of hydrogen-bond acceptors (Lipinski definition) is 4. The van der Waals surface area contributed by atoms with Crippen LogP contribution in [0, 0.1) is 5.82 Å². The summed E-state index contributed by atoms with van der Waals surface area (Å²) in [6, 6.07) is 1.28. The number of nitrogens with zero attached hydrogens (tertiary/aromatic N) is 1. The summed E-state index contributed by atoms with van der Waals surface area (Å²) in [6.45, 7) is 9.29. The van der Waals surface area contributed by atoms with Crippen molar-refractivity contribution in [3.05, 3.63) is 23.8 Å². The van der Waals surface area contributed by atoms with Crippen LogP contribution in [0.3, 0.4) is 0 Å². The fourth-order valence-corrected chi connectivity index (χ4v) is 2.14. The first-order valence-corrected chi connectivity index (χ1v) is 6.81. The van der Waals surface area contributed by atoms with Gasteiger partial charge in [-0.1, -0.05) is 0 Å². The van der Waals surface area contributed by atoms with Gasteiger partial charge in [-0.3, -0.25) is 4.98 Å². The van der Waals surface area contributed by atoms with Crippen LogP contribution in [0.4, 0.5) is 4.39 Å². The van der Waals surface area contributed by atoms with Gasteiger partial charge in [-0.05, 0) is 40.7 Å². The third-order valence-electron chi connectivity index (χ3n) is 4.00. The van der Waals surface area contributed by atoms with Crippen molar-refractivity contribution in [2.75, 3.05) is 0 Å². The highest BCUT2D eigenvalue weighted by Crippen LogP contribution is 2.36. The number of aliphatic hydroxyl groups is 1. The topological polar surface area (TPSA) is 51.6 Å². The second-order valence-electron chi connectivity index (χ2n) is 6.29. The number of rotatable bonds is 3. The first-order chi connectivity index (χ1) is 9.14. The lowest BCUT2D eigenvalue weighted by Gasteiger charge is -2.32. The van der Waals surface area contributed by atoms with Gasteiger partial charge in [0.15, 0.2) is 0 Å². The Kier molecular flexibility index (Phi) is 3.93. The van der Waals surface area contributed by atoms with E-state index in [1.165, 1.54) is 12.3 Å². The molecule has 1 fully saturated rings. The Labute approximate surface area is 119 Å². The van der Waals surface area contributed by atoms with Crippen LogP contribution in [0.25, 0.3) is 0 Å². The largest absolute Gasteiger partial charge is 0.499 e. The summed E-state index contributed by atoms with van der Waals surface area (Å²) >= 11 is 0. The Hall–Kier alpha value is -0.975. The molecule has 6 heteroatoms. The molecule has 0 aliphatic carbocycles. The molecule has 2 heterocycles. The molecular weight excluding hydrogens is 260 g/mol. The van der Waals surface area contributed by atoms with Gasteiger partial charge in [-0.15, -0.1) is 0 Å². The lowest BCUT2D eigenvalue weighted by atomic mass is 9.76. The van der Waals surface area contributed by atoms with E-state index < -0.39 is 30.2 Å². The summed E-state index contributed by atoms with van der Waals surface area (Å²) in [5, 5.41) is 9.53. The van der Waals surface area contributed by atoms with Crippen LogP contribution in [0.5, 0.6) is 0 Å². The SMILES string of the molecule is CC(O)Cc1nccc(F)c1B1OC(C)(C)C(C)(C)O1. The van der Waals surface area contributed by atoms with E-state index in [0.717, 1.165) is 0 Å². The van der Waals surface area contributed by atoms with Gasteiger partial charge in [0.25, 0.3) is 0 Å². The van der Waals surface area contributed by atoms with Gasteiger partial charge in [0.1, 0.15) is 5.82 Å². The molecule has 1 atom stereocenters. The fourth-order valence-electron chi connectivity index (χ4n) is 2.14. The minimum atomic E-state index is -0.803. The lowest BCUT2D eigenvalue weighted by molar-refractivity contribution is 0.00578. The van der Waals surface area contributed by atoms with E-state index in [2.05, 4.69) is 4.98 Å². The Bertz CT molecular complexity index is 489. The van der Waals surface area contributed by atoms with Crippen molar-refractivity contribution >= 4 is 12.6 Å². The monoisotopic (exact) mass is 281 g/mol. The average Bonchev–Trinajstić information content (AvgIpc) is 2.46. The van der Waals surface area contributed by atoms with Crippen molar-refractivity contribution < 1.29 is 18.8 Å². The second-order valence-corrected chi connectivity index (χ2v) is 6.29. The lowest BCUT2D eigenvalue weighted by Crippen LogP contribution is -2.41. The van der Waals surface area contributed by atoms with Crippen LogP contribution < -0.4 is 5.46 Å². The Morgan fingerprint density at radius 1 is 1.30 bits per heavy atom. The molecule has 1 unspecified atom stereocenters. The Morgan fingerprint density at radius 2 is 1.85 bits per heavy atom. The maximum absolute atomic E-state index is 14.2. The molecule has 0 radical (unpaired) electrons. The summed E-state index contributed by atoms with van der Waals surface area (Å²) in [6.07, 6.45) is 1.05. The predicted octanol–water partition coefficient (Wildman–Crippen LogP) is 1.44. The molecule has 0 spiro atoms. The van der Waals surface area contributed by atoms with E-state index >= 15 is 0 Å². The molecule has 1 aliphatic heterocycles. The van der Waals surface area contributed by atoms with Crippen LogP contribution in [0.2, 0.25) is 0 Å². The summed E-state index contributed by atoms with van der Waals surface area (Å²) in [4.78, 5) is 4.16. The first kappa shape index (κ1) is 15.4. The van der Waals surface area contributed by atoms with Crippen molar-refractivity contribution in [2.24, 2.45) is 0 Å². The molecule has 0 saturated carbocycles. The van der Waals surface area contributed by atoms with Gasteiger partial charge in [0.2, 0.25) is 0 Å². The number of aliphatic hydroxyl groups excluding tert-OH is 1. The van der Waals surface area contributed by atoms with E-state index in [1.807, 2.05) is 27.7 Å². The molecule has 1 saturated heterocycles. The van der Waals surface area contributed by atoms with Crippen LogP contribution >= 0.6 is 0 Å². The minimum Gasteiger partial charge on any atom is -0.399 e. The molecule has 1 aromatic heterocycles. The third-order valence-corrected chi connectivity index (χ3v) is 4.00. The first-order valence-electron chi connectivity index (χ1n) is 6.81. The molecule has 0 bridgehead atoms. The molecule has 110 valence electrons. The van der Waals surface area contributed by atoms with E-state index in [4.69, 9.17) is 9.31 Å². The summed E-state index contributed by atoms with van der Waals surface area (Å²) in [5.41, 5.74) is -0.324. The molecule has 4 nitrogen and oxygen atoms in total. The molecule has 1 aliphatic rings. The summed E-state index contributed by atoms with van der Waals surface area (Å²) in [5.74, 6) is -0.422. The van der Waals surface area contributed by atoms with E-state index in [-0.39, 0.29) is 11.9 Å². The van der Waals surface area contributed by atoms with Crippen LogP contribution in [-0.2, 0) is 15.7 Å². The second kappa shape index (κ2) is 5.09. The quantitative estimate of drug-likeness (QED) is 0.852.